The Bertz CT molecular complexity index is 1460. The second-order valence-electron chi connectivity index (χ2n) is 12.0. The molecule has 244 valence electrons. The molecule has 9 heteroatoms. The van der Waals surface area contributed by atoms with Gasteiger partial charge in [0.05, 0.1) is 27.6 Å². The number of carbonyl (C=O) groups is 1. The molecule has 1 aliphatic rings. The average molecular weight is 635 g/mol. The molecule has 4 rings (SSSR count). The molecule has 0 saturated carbocycles. The van der Waals surface area contributed by atoms with E-state index in [4.69, 9.17) is 4.74 Å². The quantitative estimate of drug-likeness (QED) is 0.193. The first kappa shape index (κ1) is 34.3. The Balaban J connectivity index is 1.74. The third-order valence-corrected chi connectivity index (χ3v) is 10.0. The van der Waals surface area contributed by atoms with Gasteiger partial charge in [-0.05, 0) is 57.3 Å². The molecule has 1 fully saturated rings. The van der Waals surface area contributed by atoms with Crippen LogP contribution in [-0.4, -0.2) is 78.7 Å². The van der Waals surface area contributed by atoms with E-state index < -0.39 is 9.84 Å². The van der Waals surface area contributed by atoms with Crippen molar-refractivity contribution in [1.82, 2.24) is 10.2 Å². The number of nitrogens with zero attached hydrogens (tertiary/aromatic N) is 3. The summed E-state index contributed by atoms with van der Waals surface area (Å²) < 4.78 is 34.7. The zero-order chi connectivity index (χ0) is 32.2. The standard InChI is InChI=1S/C36H50N4O4S/c1-5-7-14-21-37-36(41)32-26-35(45(42,43)28-29-15-10-8-11-16-29)34(27-33(32)39(6-2)25-24-38(3)4)40-22-19-31(20-23-40)44-30-17-12-9-13-18-30/h8-13,15-18,26-27,31H,5-7,14,19-25,28H2,1-4H3,(H,37,41). The molecule has 1 heterocycles. The van der Waals surface area contributed by atoms with Crippen molar-refractivity contribution in [3.63, 3.8) is 0 Å². The number of hydrogen-bond acceptors (Lipinski definition) is 7. The number of hydrogen-bond donors (Lipinski definition) is 1. The van der Waals surface area contributed by atoms with Crippen LogP contribution in [0.3, 0.4) is 0 Å². The number of unbranched alkanes of at least 4 members (excludes halogenated alkanes) is 2. The number of para-hydroxylation sites is 1. The third-order valence-electron chi connectivity index (χ3n) is 8.29. The first-order chi connectivity index (χ1) is 21.7. The Morgan fingerprint density at radius 1 is 0.933 bits per heavy atom. The lowest BCUT2D eigenvalue weighted by molar-refractivity contribution is 0.0953. The summed E-state index contributed by atoms with van der Waals surface area (Å²) in [6, 6.07) is 22.7. The minimum Gasteiger partial charge on any atom is -0.490 e. The fourth-order valence-electron chi connectivity index (χ4n) is 5.72. The molecule has 0 bridgehead atoms. The van der Waals surface area contributed by atoms with Crippen LogP contribution in [0, 0.1) is 0 Å². The largest absolute Gasteiger partial charge is 0.490 e. The summed E-state index contributed by atoms with van der Waals surface area (Å²) in [5.74, 6) is 0.476. The minimum absolute atomic E-state index is 0.0490. The number of likely N-dealkylation sites (N-methyl/N-ethyl adjacent to an activating group) is 2. The van der Waals surface area contributed by atoms with Gasteiger partial charge in [0.15, 0.2) is 9.84 Å². The van der Waals surface area contributed by atoms with Gasteiger partial charge in [0.1, 0.15) is 11.9 Å². The molecule has 8 nitrogen and oxygen atoms in total. The molecular weight excluding hydrogens is 584 g/mol. The van der Waals surface area contributed by atoms with Crippen LogP contribution < -0.4 is 19.9 Å². The second kappa shape index (κ2) is 16.7. The molecular formula is C36H50N4O4S. The first-order valence-electron chi connectivity index (χ1n) is 16.3. The second-order valence-corrected chi connectivity index (χ2v) is 14.0. The van der Waals surface area contributed by atoms with Crippen LogP contribution in [0.4, 0.5) is 11.4 Å². The van der Waals surface area contributed by atoms with Crippen LogP contribution in [0.1, 0.15) is 61.9 Å². The van der Waals surface area contributed by atoms with Gasteiger partial charge >= 0.3 is 0 Å². The fraction of sp³-hybridized carbons (Fsp3) is 0.472. The van der Waals surface area contributed by atoms with Gasteiger partial charge < -0.3 is 24.8 Å². The van der Waals surface area contributed by atoms with Crippen LogP contribution in [0.5, 0.6) is 5.75 Å². The monoisotopic (exact) mass is 634 g/mol. The highest BCUT2D eigenvalue weighted by atomic mass is 32.2. The molecule has 0 radical (unpaired) electrons. The molecule has 0 atom stereocenters. The Morgan fingerprint density at radius 2 is 1.60 bits per heavy atom. The maximum absolute atomic E-state index is 14.2. The zero-order valence-corrected chi connectivity index (χ0v) is 28.2. The normalized spacial score (nSPS) is 14.0. The van der Waals surface area contributed by atoms with Crippen LogP contribution >= 0.6 is 0 Å². The van der Waals surface area contributed by atoms with Gasteiger partial charge in [-0.25, -0.2) is 8.42 Å². The van der Waals surface area contributed by atoms with E-state index in [1.807, 2.05) is 80.8 Å². The highest BCUT2D eigenvalue weighted by molar-refractivity contribution is 7.90. The van der Waals surface area contributed by atoms with Crippen molar-refractivity contribution in [2.45, 2.75) is 62.7 Å². The van der Waals surface area contributed by atoms with E-state index in [-0.39, 0.29) is 22.7 Å². The summed E-state index contributed by atoms with van der Waals surface area (Å²) in [6.45, 7) is 8.26. The van der Waals surface area contributed by atoms with Crippen molar-refractivity contribution >= 4 is 27.1 Å². The Hall–Kier alpha value is -3.56. The van der Waals surface area contributed by atoms with Crippen molar-refractivity contribution in [2.75, 3.05) is 63.2 Å². The maximum Gasteiger partial charge on any atom is 0.253 e. The van der Waals surface area contributed by atoms with Crippen LogP contribution in [0.25, 0.3) is 0 Å². The lowest BCUT2D eigenvalue weighted by atomic mass is 10.0. The molecule has 0 aromatic heterocycles. The summed E-state index contributed by atoms with van der Waals surface area (Å²) in [6.07, 6.45) is 4.54. The SMILES string of the molecule is CCCCCNC(=O)c1cc(S(=O)(=O)Cc2ccccc2)c(N2CCC(Oc3ccccc3)CC2)cc1N(CC)CCN(C)C. The van der Waals surface area contributed by atoms with Crippen molar-refractivity contribution in [3.8, 4) is 5.75 Å². The van der Waals surface area contributed by atoms with Gasteiger partial charge in [-0.1, -0.05) is 68.3 Å². The van der Waals surface area contributed by atoms with Gasteiger partial charge in [0, 0.05) is 52.1 Å². The molecule has 1 N–H and O–H groups in total. The van der Waals surface area contributed by atoms with Crippen LogP contribution in [0.2, 0.25) is 0 Å². The predicted molar refractivity (Wildman–Crippen MR) is 184 cm³/mol. The van der Waals surface area contributed by atoms with E-state index in [0.717, 1.165) is 50.1 Å². The summed E-state index contributed by atoms with van der Waals surface area (Å²) in [4.78, 5) is 20.4. The van der Waals surface area contributed by atoms with Crippen molar-refractivity contribution in [3.05, 3.63) is 83.9 Å². The summed E-state index contributed by atoms with van der Waals surface area (Å²) in [5.41, 5.74) is 2.55. The van der Waals surface area contributed by atoms with Crippen molar-refractivity contribution < 1.29 is 17.9 Å². The average Bonchev–Trinajstić information content (AvgIpc) is 3.04. The molecule has 0 unspecified atom stereocenters. The molecule has 0 spiro atoms. The van der Waals surface area contributed by atoms with Gasteiger partial charge in [0.25, 0.3) is 5.91 Å². The van der Waals surface area contributed by atoms with Gasteiger partial charge in [0.2, 0.25) is 0 Å². The highest BCUT2D eigenvalue weighted by Crippen LogP contribution is 2.37. The van der Waals surface area contributed by atoms with Crippen LogP contribution in [0.15, 0.2) is 77.7 Å². The van der Waals surface area contributed by atoms with E-state index in [9.17, 15) is 13.2 Å². The lowest BCUT2D eigenvalue weighted by Crippen LogP contribution is -2.39. The minimum atomic E-state index is -3.80. The van der Waals surface area contributed by atoms with Gasteiger partial charge in [-0.2, -0.15) is 0 Å². The van der Waals surface area contributed by atoms with Gasteiger partial charge in [-0.3, -0.25) is 4.79 Å². The molecule has 45 heavy (non-hydrogen) atoms. The molecule has 3 aromatic carbocycles. The van der Waals surface area contributed by atoms with E-state index in [2.05, 4.69) is 33.9 Å². The summed E-state index contributed by atoms with van der Waals surface area (Å²) in [5, 5.41) is 3.07. The smallest absolute Gasteiger partial charge is 0.253 e. The zero-order valence-electron chi connectivity index (χ0n) is 27.4. The number of sulfone groups is 1. The maximum atomic E-state index is 14.2. The number of carbonyl (C=O) groups excluding carboxylic acids is 1. The number of rotatable bonds is 16. The highest BCUT2D eigenvalue weighted by Gasteiger charge is 2.30. The summed E-state index contributed by atoms with van der Waals surface area (Å²) >= 11 is 0. The molecule has 0 aliphatic carbocycles. The number of ether oxygens (including phenoxy) is 1. The van der Waals surface area contributed by atoms with Crippen molar-refractivity contribution in [1.29, 1.82) is 0 Å². The van der Waals surface area contributed by atoms with E-state index in [1.54, 1.807) is 6.07 Å². The van der Waals surface area contributed by atoms with Crippen LogP contribution in [-0.2, 0) is 15.6 Å². The fourth-order valence-corrected chi connectivity index (χ4v) is 7.31. The summed E-state index contributed by atoms with van der Waals surface area (Å²) in [7, 11) is 0.264. The Kier molecular flexibility index (Phi) is 12.7. The number of anilines is 2. The van der Waals surface area contributed by atoms with Crippen molar-refractivity contribution in [2.24, 2.45) is 0 Å². The van der Waals surface area contributed by atoms with Gasteiger partial charge in [-0.15, -0.1) is 0 Å². The molecule has 1 saturated heterocycles. The number of benzene rings is 3. The van der Waals surface area contributed by atoms with E-state index in [1.165, 1.54) is 0 Å². The first-order valence-corrected chi connectivity index (χ1v) is 18.0. The number of nitrogens with one attached hydrogen (secondary N) is 1. The Morgan fingerprint density at radius 3 is 2.22 bits per heavy atom. The lowest BCUT2D eigenvalue weighted by Gasteiger charge is -2.36. The molecule has 1 amide bonds. The van der Waals surface area contributed by atoms with E-state index >= 15 is 0 Å². The molecule has 1 aliphatic heterocycles. The Labute approximate surface area is 270 Å². The number of amides is 1. The molecule has 3 aromatic rings. The topological polar surface area (TPSA) is 82.2 Å². The predicted octanol–water partition coefficient (Wildman–Crippen LogP) is 6.02. The number of piperidine rings is 1. The van der Waals surface area contributed by atoms with E-state index in [0.29, 0.717) is 49.5 Å². The third kappa shape index (κ3) is 9.71.